The van der Waals surface area contributed by atoms with Crippen LogP contribution in [0, 0.1) is 0 Å². The minimum atomic E-state index is -3.35. The van der Waals surface area contributed by atoms with Gasteiger partial charge in [-0.2, -0.15) is 8.42 Å². The first-order chi connectivity index (χ1) is 9.97. The second-order valence-electron chi connectivity index (χ2n) is 4.58. The molecule has 7 heteroatoms. The highest BCUT2D eigenvalue weighted by Crippen LogP contribution is 2.01. The number of amides is 1. The van der Waals surface area contributed by atoms with E-state index in [1.807, 2.05) is 30.3 Å². The molecule has 0 aromatic heterocycles. The molecular formula is C14H21NO5S. The van der Waals surface area contributed by atoms with Gasteiger partial charge in [0.1, 0.15) is 6.61 Å². The van der Waals surface area contributed by atoms with E-state index in [0.29, 0.717) is 13.0 Å². The minimum Gasteiger partial charge on any atom is -0.445 e. The van der Waals surface area contributed by atoms with Crippen LogP contribution >= 0.6 is 0 Å². The fraction of sp³-hybridized carbons (Fsp3) is 0.500. The Morgan fingerprint density at radius 2 is 1.86 bits per heavy atom. The minimum absolute atomic E-state index is 0.178. The summed E-state index contributed by atoms with van der Waals surface area (Å²) in [6, 6.07) is 9.44. The van der Waals surface area contributed by atoms with Crippen LogP contribution in [0.1, 0.15) is 24.8 Å². The van der Waals surface area contributed by atoms with Crippen molar-refractivity contribution in [2.75, 3.05) is 19.4 Å². The number of hydrogen-bond acceptors (Lipinski definition) is 5. The molecule has 0 radical (unpaired) electrons. The Morgan fingerprint density at radius 3 is 2.52 bits per heavy atom. The number of unbranched alkanes of at least 4 members (excludes halogenated alkanes) is 2. The highest BCUT2D eigenvalue weighted by molar-refractivity contribution is 7.85. The lowest BCUT2D eigenvalue weighted by molar-refractivity contribution is 0.139. The zero-order valence-corrected chi connectivity index (χ0v) is 12.9. The fourth-order valence-corrected chi connectivity index (χ4v) is 2.00. The van der Waals surface area contributed by atoms with E-state index in [1.54, 1.807) is 0 Å². The van der Waals surface area contributed by atoms with Gasteiger partial charge in [-0.1, -0.05) is 30.3 Å². The Bertz CT molecular complexity index is 515. The molecule has 0 unspecified atom stereocenters. The van der Waals surface area contributed by atoms with Crippen LogP contribution in [0.2, 0.25) is 0 Å². The third-order valence-corrected chi connectivity index (χ3v) is 3.20. The SMILES string of the molecule is CS(=O)(=O)OCCCCCNC(=O)OCc1ccccc1. The standard InChI is InChI=1S/C14H21NO5S/c1-21(17,18)20-11-7-3-6-10-15-14(16)19-12-13-8-4-2-5-9-13/h2,4-5,8-9H,3,6-7,10-12H2,1H3,(H,15,16). The summed E-state index contributed by atoms with van der Waals surface area (Å²) in [5, 5.41) is 2.64. The summed E-state index contributed by atoms with van der Waals surface area (Å²) in [6.07, 6.45) is 2.72. The summed E-state index contributed by atoms with van der Waals surface area (Å²) >= 11 is 0. The average Bonchev–Trinajstić information content (AvgIpc) is 2.44. The number of carbonyl (C=O) groups is 1. The summed E-state index contributed by atoms with van der Waals surface area (Å²) in [7, 11) is -3.35. The second kappa shape index (κ2) is 9.36. The quantitative estimate of drug-likeness (QED) is 0.557. The van der Waals surface area contributed by atoms with Gasteiger partial charge in [-0.3, -0.25) is 4.18 Å². The molecule has 0 spiro atoms. The molecule has 0 atom stereocenters. The van der Waals surface area contributed by atoms with Crippen molar-refractivity contribution in [2.24, 2.45) is 0 Å². The van der Waals surface area contributed by atoms with Crippen molar-refractivity contribution >= 4 is 16.2 Å². The number of benzene rings is 1. The maximum absolute atomic E-state index is 11.4. The smallest absolute Gasteiger partial charge is 0.407 e. The molecule has 21 heavy (non-hydrogen) atoms. The molecule has 6 nitrogen and oxygen atoms in total. The van der Waals surface area contributed by atoms with Gasteiger partial charge in [0.05, 0.1) is 12.9 Å². The predicted octanol–water partition coefficient (Wildman–Crippen LogP) is 2.06. The molecular weight excluding hydrogens is 294 g/mol. The van der Waals surface area contributed by atoms with Gasteiger partial charge >= 0.3 is 6.09 Å². The van der Waals surface area contributed by atoms with E-state index < -0.39 is 16.2 Å². The van der Waals surface area contributed by atoms with Gasteiger partial charge in [-0.05, 0) is 24.8 Å². The third-order valence-electron chi connectivity index (χ3n) is 2.60. The van der Waals surface area contributed by atoms with Crippen LogP contribution in [0.15, 0.2) is 30.3 Å². The van der Waals surface area contributed by atoms with Gasteiger partial charge in [-0.25, -0.2) is 4.79 Å². The molecule has 1 rings (SSSR count). The van der Waals surface area contributed by atoms with Crippen LogP contribution in [0.25, 0.3) is 0 Å². The summed E-state index contributed by atoms with van der Waals surface area (Å²) < 4.78 is 31.1. The van der Waals surface area contributed by atoms with Gasteiger partial charge in [-0.15, -0.1) is 0 Å². The van der Waals surface area contributed by atoms with Crippen molar-refractivity contribution in [1.29, 1.82) is 0 Å². The maximum atomic E-state index is 11.4. The molecule has 0 aliphatic carbocycles. The van der Waals surface area contributed by atoms with E-state index in [-0.39, 0.29) is 13.2 Å². The van der Waals surface area contributed by atoms with Crippen molar-refractivity contribution in [3.63, 3.8) is 0 Å². The summed E-state index contributed by atoms with van der Waals surface area (Å²) in [4.78, 5) is 11.4. The molecule has 0 saturated carbocycles. The first-order valence-corrected chi connectivity index (χ1v) is 8.58. The molecule has 0 saturated heterocycles. The van der Waals surface area contributed by atoms with Crippen LogP contribution < -0.4 is 5.32 Å². The summed E-state index contributed by atoms with van der Waals surface area (Å²) in [5.41, 5.74) is 0.936. The third kappa shape index (κ3) is 9.86. The van der Waals surface area contributed by atoms with Crippen LogP contribution in [0.3, 0.4) is 0 Å². The lowest BCUT2D eigenvalue weighted by Crippen LogP contribution is -2.25. The summed E-state index contributed by atoms with van der Waals surface area (Å²) in [5.74, 6) is 0. The van der Waals surface area contributed by atoms with E-state index in [9.17, 15) is 13.2 Å². The Labute approximate surface area is 125 Å². The zero-order chi connectivity index (χ0) is 15.6. The number of nitrogens with one attached hydrogen (secondary N) is 1. The molecule has 118 valence electrons. The highest BCUT2D eigenvalue weighted by Gasteiger charge is 2.03. The first-order valence-electron chi connectivity index (χ1n) is 6.76. The number of alkyl carbamates (subject to hydrolysis) is 1. The number of hydrogen-bond donors (Lipinski definition) is 1. The van der Waals surface area contributed by atoms with Crippen LogP contribution in [0.5, 0.6) is 0 Å². The molecule has 1 aromatic carbocycles. The van der Waals surface area contributed by atoms with E-state index in [4.69, 9.17) is 4.74 Å². The summed E-state index contributed by atoms with van der Waals surface area (Å²) in [6.45, 7) is 0.915. The van der Waals surface area contributed by atoms with Crippen molar-refractivity contribution in [3.05, 3.63) is 35.9 Å². The number of ether oxygens (including phenoxy) is 1. The second-order valence-corrected chi connectivity index (χ2v) is 6.22. The maximum Gasteiger partial charge on any atom is 0.407 e. The molecule has 0 aliphatic rings. The Morgan fingerprint density at radius 1 is 1.14 bits per heavy atom. The number of carbonyl (C=O) groups excluding carboxylic acids is 1. The van der Waals surface area contributed by atoms with Crippen molar-refractivity contribution < 1.29 is 22.1 Å². The molecule has 1 N–H and O–H groups in total. The molecule has 1 amide bonds. The van der Waals surface area contributed by atoms with E-state index in [0.717, 1.165) is 24.7 Å². The monoisotopic (exact) mass is 315 g/mol. The normalized spacial score (nSPS) is 11.1. The van der Waals surface area contributed by atoms with Gasteiger partial charge < -0.3 is 10.1 Å². The Kier molecular flexibility index (Phi) is 7.78. The van der Waals surface area contributed by atoms with Crippen molar-refractivity contribution in [3.8, 4) is 0 Å². The Hall–Kier alpha value is -1.60. The van der Waals surface area contributed by atoms with Gasteiger partial charge in [0.25, 0.3) is 10.1 Å². The van der Waals surface area contributed by atoms with Crippen LogP contribution in [0.4, 0.5) is 4.79 Å². The van der Waals surface area contributed by atoms with Gasteiger partial charge in [0.15, 0.2) is 0 Å². The van der Waals surface area contributed by atoms with E-state index in [2.05, 4.69) is 9.50 Å². The topological polar surface area (TPSA) is 81.7 Å². The Balaban J connectivity index is 1.99. The van der Waals surface area contributed by atoms with Gasteiger partial charge in [0, 0.05) is 6.54 Å². The molecule has 0 aliphatic heterocycles. The van der Waals surface area contributed by atoms with Crippen molar-refractivity contribution in [2.45, 2.75) is 25.9 Å². The average molecular weight is 315 g/mol. The highest BCUT2D eigenvalue weighted by atomic mass is 32.2. The molecule has 0 fully saturated rings. The first kappa shape index (κ1) is 17.5. The van der Waals surface area contributed by atoms with Crippen LogP contribution in [-0.4, -0.2) is 33.9 Å². The van der Waals surface area contributed by atoms with Crippen molar-refractivity contribution in [1.82, 2.24) is 5.32 Å². The largest absolute Gasteiger partial charge is 0.445 e. The predicted molar refractivity (Wildman–Crippen MR) is 79.3 cm³/mol. The fourth-order valence-electron chi connectivity index (χ4n) is 1.58. The zero-order valence-electron chi connectivity index (χ0n) is 12.1. The van der Waals surface area contributed by atoms with E-state index >= 15 is 0 Å². The van der Waals surface area contributed by atoms with E-state index in [1.165, 1.54) is 0 Å². The lowest BCUT2D eigenvalue weighted by atomic mass is 10.2. The molecule has 0 bridgehead atoms. The van der Waals surface area contributed by atoms with Crippen LogP contribution in [-0.2, 0) is 25.6 Å². The van der Waals surface area contributed by atoms with Gasteiger partial charge in [0.2, 0.25) is 0 Å². The molecule has 1 aromatic rings. The number of rotatable bonds is 9. The lowest BCUT2D eigenvalue weighted by Gasteiger charge is -2.07. The molecule has 0 heterocycles.